The van der Waals surface area contributed by atoms with Gasteiger partial charge in [-0.3, -0.25) is 0 Å². The van der Waals surface area contributed by atoms with Crippen molar-refractivity contribution in [2.45, 2.75) is 23.9 Å². The normalized spacial score (nSPS) is 15.6. The fraction of sp³-hybridized carbons (Fsp3) is 0.250. The van der Waals surface area contributed by atoms with E-state index in [1.165, 1.54) is 0 Å². The molecule has 0 heterocycles. The number of benzene rings is 2. The Bertz CT molecular complexity index is 782. The Morgan fingerprint density at radius 3 is 1.58 bits per heavy atom. The zero-order valence-corrected chi connectivity index (χ0v) is 13.2. The monoisotopic (exact) mass is 404 g/mol. The Morgan fingerprint density at radius 1 is 0.692 bits per heavy atom. The highest BCUT2D eigenvalue weighted by atomic mass is 35.5. The molecule has 2 aromatic carbocycles. The first-order valence-corrected chi connectivity index (χ1v) is 7.20. The molecule has 0 saturated heterocycles. The minimum atomic E-state index is -6.33. The second-order valence-electron chi connectivity index (χ2n) is 5.33. The Kier molecular flexibility index (Phi) is 5.02. The van der Waals surface area contributed by atoms with Gasteiger partial charge in [0.2, 0.25) is 0 Å². The molecule has 1 N–H and O–H groups in total. The van der Waals surface area contributed by atoms with Gasteiger partial charge in [-0.15, -0.1) is 0 Å². The average molecular weight is 405 g/mol. The summed E-state index contributed by atoms with van der Waals surface area (Å²) in [6.07, 6.45) is -11.6. The van der Waals surface area contributed by atoms with Crippen LogP contribution in [0.4, 0.5) is 35.1 Å². The van der Waals surface area contributed by atoms with E-state index in [1.54, 1.807) is 0 Å². The highest BCUT2D eigenvalue weighted by molar-refractivity contribution is 6.30. The van der Waals surface area contributed by atoms with E-state index in [-0.39, 0.29) is 5.02 Å². The maximum Gasteiger partial charge on any atom is 0.457 e. The highest BCUT2D eigenvalue weighted by Crippen LogP contribution is 2.53. The van der Waals surface area contributed by atoms with Crippen molar-refractivity contribution in [2.75, 3.05) is 0 Å². The second kappa shape index (κ2) is 6.38. The van der Waals surface area contributed by atoms with Gasteiger partial charge >= 0.3 is 18.3 Å². The van der Waals surface area contributed by atoms with Crippen LogP contribution >= 0.6 is 11.6 Å². The van der Waals surface area contributed by atoms with Crippen LogP contribution in [0, 0.1) is 0 Å². The summed E-state index contributed by atoms with van der Waals surface area (Å²) in [5.74, 6) is -5.94. The molecule has 0 aliphatic rings. The van der Waals surface area contributed by atoms with Gasteiger partial charge in [-0.05, 0) is 23.8 Å². The van der Waals surface area contributed by atoms with Crippen molar-refractivity contribution in [3.05, 3.63) is 70.2 Å². The van der Waals surface area contributed by atoms with Gasteiger partial charge in [0, 0.05) is 10.6 Å². The van der Waals surface area contributed by atoms with Crippen LogP contribution in [-0.4, -0.2) is 17.2 Å². The minimum absolute atomic E-state index is 0.0736. The smallest absolute Gasteiger partial charge is 0.374 e. The summed E-state index contributed by atoms with van der Waals surface area (Å²) in [6, 6.07) is 5.28. The first kappa shape index (κ1) is 20.4. The standard InChI is InChI=1S/C16H9ClF8O/c17-10-7-5-9(6-8-10)13(26,15(21,22)16(23,24)25)11-3-1-2-4-12(11)14(18,19)20/h1-8,26H. The summed E-state index contributed by atoms with van der Waals surface area (Å²) in [5.41, 5.74) is -8.87. The fourth-order valence-electron chi connectivity index (χ4n) is 2.45. The van der Waals surface area contributed by atoms with Gasteiger partial charge in [0.1, 0.15) is 0 Å². The maximum atomic E-state index is 14.2. The average Bonchev–Trinajstić information content (AvgIpc) is 2.52. The van der Waals surface area contributed by atoms with E-state index >= 15 is 0 Å². The molecule has 2 aromatic rings. The molecule has 0 aromatic heterocycles. The Hall–Kier alpha value is -1.87. The summed E-state index contributed by atoms with van der Waals surface area (Å²) in [6.45, 7) is 0. The van der Waals surface area contributed by atoms with Gasteiger partial charge in [0.15, 0.2) is 5.60 Å². The molecule has 1 atom stereocenters. The number of hydrogen-bond donors (Lipinski definition) is 1. The third kappa shape index (κ3) is 3.25. The Morgan fingerprint density at radius 2 is 1.15 bits per heavy atom. The number of hydrogen-bond acceptors (Lipinski definition) is 1. The van der Waals surface area contributed by atoms with Crippen molar-refractivity contribution in [2.24, 2.45) is 0 Å². The molecule has 0 fully saturated rings. The van der Waals surface area contributed by atoms with Crippen molar-refractivity contribution in [3.8, 4) is 0 Å². The predicted molar refractivity (Wildman–Crippen MR) is 76.9 cm³/mol. The zero-order chi connectivity index (χ0) is 20.0. The number of alkyl halides is 8. The van der Waals surface area contributed by atoms with Gasteiger partial charge < -0.3 is 5.11 Å². The van der Waals surface area contributed by atoms with Crippen molar-refractivity contribution >= 4 is 11.6 Å². The van der Waals surface area contributed by atoms with Crippen molar-refractivity contribution in [1.82, 2.24) is 0 Å². The molecule has 142 valence electrons. The summed E-state index contributed by atoms with van der Waals surface area (Å²) >= 11 is 5.54. The molecule has 26 heavy (non-hydrogen) atoms. The zero-order valence-electron chi connectivity index (χ0n) is 12.5. The van der Waals surface area contributed by atoms with E-state index in [4.69, 9.17) is 11.6 Å². The van der Waals surface area contributed by atoms with Gasteiger partial charge in [0.05, 0.1) is 5.56 Å². The van der Waals surface area contributed by atoms with Crippen LogP contribution in [0.15, 0.2) is 48.5 Å². The maximum absolute atomic E-state index is 14.2. The molecular weight excluding hydrogens is 396 g/mol. The van der Waals surface area contributed by atoms with Crippen LogP contribution in [-0.2, 0) is 11.8 Å². The van der Waals surface area contributed by atoms with Crippen molar-refractivity contribution < 1.29 is 40.2 Å². The lowest BCUT2D eigenvalue weighted by Crippen LogP contribution is -2.56. The molecule has 0 radical (unpaired) electrons. The van der Waals surface area contributed by atoms with E-state index in [0.717, 1.165) is 24.3 Å². The second-order valence-corrected chi connectivity index (χ2v) is 5.77. The fourth-order valence-corrected chi connectivity index (χ4v) is 2.57. The molecule has 0 amide bonds. The molecule has 10 heteroatoms. The van der Waals surface area contributed by atoms with Gasteiger partial charge in [-0.2, -0.15) is 35.1 Å². The first-order chi connectivity index (χ1) is 11.7. The van der Waals surface area contributed by atoms with Crippen LogP contribution in [0.2, 0.25) is 5.02 Å². The van der Waals surface area contributed by atoms with E-state index in [1.807, 2.05) is 0 Å². The van der Waals surface area contributed by atoms with E-state index in [9.17, 15) is 40.2 Å². The molecule has 1 unspecified atom stereocenters. The van der Waals surface area contributed by atoms with Crippen LogP contribution in [0.25, 0.3) is 0 Å². The van der Waals surface area contributed by atoms with Crippen molar-refractivity contribution in [3.63, 3.8) is 0 Å². The van der Waals surface area contributed by atoms with Gasteiger partial charge in [0.25, 0.3) is 0 Å². The SMILES string of the molecule is OC(c1ccc(Cl)cc1)(c1ccccc1C(F)(F)F)C(F)(F)C(F)(F)F. The van der Waals surface area contributed by atoms with E-state index < -0.39 is 40.6 Å². The first-order valence-electron chi connectivity index (χ1n) is 6.82. The number of halogens is 9. The molecule has 1 nitrogen and oxygen atoms in total. The third-order valence-electron chi connectivity index (χ3n) is 3.69. The molecule has 0 aliphatic heterocycles. The number of rotatable bonds is 3. The molecule has 0 saturated carbocycles. The van der Waals surface area contributed by atoms with Crippen LogP contribution < -0.4 is 0 Å². The summed E-state index contributed by atoms with van der Waals surface area (Å²) in [4.78, 5) is 0. The quantitative estimate of drug-likeness (QED) is 0.642. The van der Waals surface area contributed by atoms with E-state index in [0.29, 0.717) is 24.3 Å². The Balaban J connectivity index is 2.90. The minimum Gasteiger partial charge on any atom is -0.374 e. The molecule has 0 aliphatic carbocycles. The van der Waals surface area contributed by atoms with E-state index in [2.05, 4.69) is 0 Å². The largest absolute Gasteiger partial charge is 0.457 e. The van der Waals surface area contributed by atoms with Crippen molar-refractivity contribution in [1.29, 1.82) is 0 Å². The third-order valence-corrected chi connectivity index (χ3v) is 3.95. The predicted octanol–water partition coefficient (Wildman–Crippen LogP) is 5.79. The Labute approximate surface area is 146 Å². The summed E-state index contributed by atoms with van der Waals surface area (Å²) in [7, 11) is 0. The lowest BCUT2D eigenvalue weighted by atomic mass is 9.78. The van der Waals surface area contributed by atoms with Crippen LogP contribution in [0.1, 0.15) is 16.7 Å². The molecule has 2 rings (SSSR count). The lowest BCUT2D eigenvalue weighted by Gasteiger charge is -2.38. The summed E-state index contributed by atoms with van der Waals surface area (Å²) < 4.78 is 107. The topological polar surface area (TPSA) is 20.2 Å². The molecular formula is C16H9ClF8O. The van der Waals surface area contributed by atoms with Gasteiger partial charge in [-0.1, -0.05) is 41.9 Å². The molecule has 0 spiro atoms. The van der Waals surface area contributed by atoms with Crippen LogP contribution in [0.5, 0.6) is 0 Å². The van der Waals surface area contributed by atoms with Crippen LogP contribution in [0.3, 0.4) is 0 Å². The number of aliphatic hydroxyl groups is 1. The lowest BCUT2D eigenvalue weighted by molar-refractivity contribution is -0.337. The molecule has 0 bridgehead atoms. The summed E-state index contributed by atoms with van der Waals surface area (Å²) in [5, 5.41) is 10.4. The van der Waals surface area contributed by atoms with Gasteiger partial charge in [-0.25, -0.2) is 0 Å². The highest BCUT2D eigenvalue weighted by Gasteiger charge is 2.72.